The zero-order chi connectivity index (χ0) is 27.9. The Labute approximate surface area is 241 Å². The molecule has 0 radical (unpaired) electrons. The van der Waals surface area contributed by atoms with Crippen LogP contribution in [0.5, 0.6) is 0 Å². The van der Waals surface area contributed by atoms with Crippen molar-refractivity contribution in [1.82, 2.24) is 30.9 Å². The van der Waals surface area contributed by atoms with Gasteiger partial charge in [0.2, 0.25) is 5.91 Å². The normalized spacial score (nSPS) is 34.1. The molecule has 0 spiro atoms. The van der Waals surface area contributed by atoms with Crippen LogP contribution >= 0.6 is 0 Å². The third-order valence-electron chi connectivity index (χ3n) is 10.5. The number of hydrogen-bond acceptors (Lipinski definition) is 9. The zero-order valence-electron chi connectivity index (χ0n) is 25.0. The van der Waals surface area contributed by atoms with Crippen LogP contribution < -0.4 is 16.1 Å². The van der Waals surface area contributed by atoms with Gasteiger partial charge in [0.1, 0.15) is 6.54 Å². The van der Waals surface area contributed by atoms with Crippen molar-refractivity contribution in [3.63, 3.8) is 0 Å². The Balaban J connectivity index is 1.26. The first-order valence-corrected chi connectivity index (χ1v) is 16.2. The van der Waals surface area contributed by atoms with Gasteiger partial charge in [-0.2, -0.15) is 0 Å². The van der Waals surface area contributed by atoms with Crippen molar-refractivity contribution in [2.24, 2.45) is 5.92 Å². The van der Waals surface area contributed by atoms with Crippen LogP contribution in [0.15, 0.2) is 0 Å². The van der Waals surface area contributed by atoms with Crippen molar-refractivity contribution >= 4 is 11.9 Å². The molecule has 2 aliphatic carbocycles. The highest BCUT2D eigenvalue weighted by molar-refractivity contribution is 5.82. The molecule has 10 heteroatoms. The summed E-state index contributed by atoms with van der Waals surface area (Å²) in [6, 6.07) is 1.87. The summed E-state index contributed by atoms with van der Waals surface area (Å²) < 4.78 is 10.8. The summed E-state index contributed by atoms with van der Waals surface area (Å²) in [7, 11) is 3.24. The molecule has 5 fully saturated rings. The number of nitrogens with one attached hydrogen (secondary N) is 3. The van der Waals surface area contributed by atoms with Gasteiger partial charge in [-0.1, -0.05) is 19.3 Å². The molecule has 0 aromatic carbocycles. The van der Waals surface area contributed by atoms with E-state index >= 15 is 0 Å². The first-order chi connectivity index (χ1) is 19.6. The third-order valence-corrected chi connectivity index (χ3v) is 10.5. The van der Waals surface area contributed by atoms with Crippen molar-refractivity contribution < 1.29 is 19.1 Å². The first-order valence-electron chi connectivity index (χ1n) is 16.2. The molecular formula is C30H54N6O4. The second-order valence-corrected chi connectivity index (χ2v) is 12.8. The van der Waals surface area contributed by atoms with E-state index in [1.165, 1.54) is 58.5 Å². The molecule has 6 unspecified atom stereocenters. The molecule has 2 saturated carbocycles. The van der Waals surface area contributed by atoms with E-state index in [2.05, 4.69) is 30.9 Å². The number of rotatable bonds is 9. The highest BCUT2D eigenvalue weighted by atomic mass is 16.5. The van der Waals surface area contributed by atoms with Crippen LogP contribution in [0, 0.1) is 5.92 Å². The molecular weight excluding hydrogens is 508 g/mol. The smallest absolute Gasteiger partial charge is 0.325 e. The summed E-state index contributed by atoms with van der Waals surface area (Å²) in [5, 5.41) is 9.16. The molecule has 0 aromatic rings. The molecule has 1 amide bonds. The quantitative estimate of drug-likeness (QED) is 0.361. The van der Waals surface area contributed by atoms with Crippen LogP contribution in [-0.4, -0.2) is 123 Å². The van der Waals surface area contributed by atoms with Crippen LogP contribution in [0.3, 0.4) is 0 Å². The predicted molar refractivity (Wildman–Crippen MR) is 155 cm³/mol. The highest BCUT2D eigenvalue weighted by Crippen LogP contribution is 2.35. The van der Waals surface area contributed by atoms with Crippen molar-refractivity contribution in [2.75, 3.05) is 60.0 Å². The molecule has 6 atom stereocenters. The third kappa shape index (κ3) is 7.36. The molecule has 5 aliphatic rings. The predicted octanol–water partition coefficient (Wildman–Crippen LogP) is 1.50. The minimum Gasteiger partial charge on any atom is -0.468 e. The standard InChI is InChI=1S/C30H54N6O4/c1-39-26-12-11-22-8-6-14-31-29(22)30(26)35-16-7-15-34(18-19-35)25(20-27(37)32-21-28(38)40-2)24-13-17-36(33-24)23-9-4-3-5-10-23/h22-26,29-31,33H,3-21H2,1-2H3,(H,32,37). The monoisotopic (exact) mass is 562 g/mol. The van der Waals surface area contributed by atoms with Gasteiger partial charge in [0.25, 0.3) is 0 Å². The van der Waals surface area contributed by atoms with Crippen LogP contribution in [-0.2, 0) is 19.1 Å². The van der Waals surface area contributed by atoms with Crippen molar-refractivity contribution in [3.8, 4) is 0 Å². The molecule has 0 bridgehead atoms. The molecule has 3 aliphatic heterocycles. The number of fused-ring (bicyclic) bond motifs is 1. The number of ether oxygens (including phenoxy) is 2. The molecule has 0 aromatic heterocycles. The average Bonchev–Trinajstić information content (AvgIpc) is 3.37. The molecule has 228 valence electrons. The molecule has 3 heterocycles. The maximum atomic E-state index is 13.1. The van der Waals surface area contributed by atoms with Gasteiger partial charge in [-0.3, -0.25) is 24.8 Å². The number of carbonyl (C=O) groups excluding carboxylic acids is 2. The second-order valence-electron chi connectivity index (χ2n) is 12.8. The number of amides is 1. The van der Waals surface area contributed by atoms with E-state index in [9.17, 15) is 9.59 Å². The van der Waals surface area contributed by atoms with Gasteiger partial charge in [-0.25, -0.2) is 5.01 Å². The second kappa shape index (κ2) is 14.7. The number of hydrogen-bond donors (Lipinski definition) is 3. The Bertz CT molecular complexity index is 826. The van der Waals surface area contributed by atoms with Gasteiger partial charge in [-0.05, 0) is 76.9 Å². The van der Waals surface area contributed by atoms with Gasteiger partial charge in [0, 0.05) is 57.3 Å². The lowest BCUT2D eigenvalue weighted by Crippen LogP contribution is -2.63. The maximum absolute atomic E-state index is 13.1. The Morgan fingerprint density at radius 1 is 0.900 bits per heavy atom. The van der Waals surface area contributed by atoms with Crippen molar-refractivity contribution in [1.29, 1.82) is 0 Å². The minimum absolute atomic E-state index is 0.0717. The average molecular weight is 563 g/mol. The summed E-state index contributed by atoms with van der Waals surface area (Å²) >= 11 is 0. The zero-order valence-corrected chi connectivity index (χ0v) is 25.0. The molecule has 5 rings (SSSR count). The Hall–Kier alpha value is -1.30. The Morgan fingerprint density at radius 2 is 1.75 bits per heavy atom. The summed E-state index contributed by atoms with van der Waals surface area (Å²) in [5.74, 6) is 0.271. The largest absolute Gasteiger partial charge is 0.468 e. The van der Waals surface area contributed by atoms with E-state index in [-0.39, 0.29) is 30.6 Å². The Kier molecular flexibility index (Phi) is 11.1. The minimum atomic E-state index is -0.410. The van der Waals surface area contributed by atoms with E-state index < -0.39 is 5.97 Å². The maximum Gasteiger partial charge on any atom is 0.325 e. The fraction of sp³-hybridized carbons (Fsp3) is 0.933. The summed E-state index contributed by atoms with van der Waals surface area (Å²) in [6.07, 6.45) is 14.3. The van der Waals surface area contributed by atoms with E-state index in [0.29, 0.717) is 24.5 Å². The number of carbonyl (C=O) groups is 2. The SMILES string of the molecule is COC(=O)CNC(=O)CC(C1CCN(C2CCCCC2)N1)N1CCCN(C2C(OC)CCC3CCCNC32)CC1. The number of methoxy groups -OCH3 is 2. The summed E-state index contributed by atoms with van der Waals surface area (Å²) in [6.45, 7) is 6.08. The van der Waals surface area contributed by atoms with Gasteiger partial charge in [0.05, 0.1) is 19.3 Å². The first kappa shape index (κ1) is 30.2. The van der Waals surface area contributed by atoms with Crippen LogP contribution in [0.2, 0.25) is 0 Å². The lowest BCUT2D eigenvalue weighted by Gasteiger charge is -2.49. The number of nitrogens with zero attached hydrogens (tertiary/aromatic N) is 3. The van der Waals surface area contributed by atoms with Crippen molar-refractivity contribution in [2.45, 2.75) is 113 Å². The topological polar surface area (TPSA) is 98.4 Å². The number of piperidine rings is 1. The van der Waals surface area contributed by atoms with Crippen LogP contribution in [0.4, 0.5) is 0 Å². The van der Waals surface area contributed by atoms with Crippen LogP contribution in [0.1, 0.15) is 77.0 Å². The fourth-order valence-corrected chi connectivity index (χ4v) is 8.40. The fourth-order valence-electron chi connectivity index (χ4n) is 8.40. The van der Waals surface area contributed by atoms with Gasteiger partial charge in [-0.15, -0.1) is 0 Å². The number of hydrazine groups is 1. The molecule has 40 heavy (non-hydrogen) atoms. The lowest BCUT2D eigenvalue weighted by atomic mass is 9.74. The van der Waals surface area contributed by atoms with E-state index in [0.717, 1.165) is 64.4 Å². The molecule has 3 N–H and O–H groups in total. The molecule has 10 nitrogen and oxygen atoms in total. The van der Waals surface area contributed by atoms with E-state index in [1.807, 2.05) is 7.11 Å². The summed E-state index contributed by atoms with van der Waals surface area (Å²) in [5.41, 5.74) is 3.86. The van der Waals surface area contributed by atoms with Gasteiger partial charge < -0.3 is 20.1 Å². The van der Waals surface area contributed by atoms with Crippen LogP contribution in [0.25, 0.3) is 0 Å². The lowest BCUT2D eigenvalue weighted by molar-refractivity contribution is -0.141. The van der Waals surface area contributed by atoms with Crippen molar-refractivity contribution in [3.05, 3.63) is 0 Å². The summed E-state index contributed by atoms with van der Waals surface area (Å²) in [4.78, 5) is 30.0. The van der Waals surface area contributed by atoms with E-state index in [4.69, 9.17) is 9.47 Å². The van der Waals surface area contributed by atoms with E-state index in [1.54, 1.807) is 0 Å². The van der Waals surface area contributed by atoms with Gasteiger partial charge >= 0.3 is 5.97 Å². The molecule has 3 saturated heterocycles. The van der Waals surface area contributed by atoms with Gasteiger partial charge in [0.15, 0.2) is 0 Å². The number of esters is 1. The highest BCUT2D eigenvalue weighted by Gasteiger charge is 2.44. The Morgan fingerprint density at radius 3 is 2.55 bits per heavy atom.